The van der Waals surface area contributed by atoms with Crippen molar-refractivity contribution in [1.82, 2.24) is 25.3 Å². The molecule has 0 unspecified atom stereocenters. The molecule has 2 heterocycles. The highest BCUT2D eigenvalue weighted by molar-refractivity contribution is 5.92. The number of anilines is 1. The maximum atomic E-state index is 12.8. The number of hydrogen-bond donors (Lipinski definition) is 2. The third-order valence-corrected chi connectivity index (χ3v) is 3.24. The lowest BCUT2D eigenvalue weighted by Gasteiger charge is -2.10. The first kappa shape index (κ1) is 19.5. The van der Waals surface area contributed by atoms with E-state index in [-0.39, 0.29) is 29.7 Å². The lowest BCUT2D eigenvalue weighted by molar-refractivity contribution is -0.141. The number of nitrogens with one attached hydrogen (secondary N) is 1. The van der Waals surface area contributed by atoms with E-state index in [1.807, 2.05) is 13.8 Å². The molecule has 0 aromatic carbocycles. The van der Waals surface area contributed by atoms with Gasteiger partial charge in [-0.15, -0.1) is 0 Å². The molecule has 1 amide bonds. The summed E-state index contributed by atoms with van der Waals surface area (Å²) in [7, 11) is 0. The van der Waals surface area contributed by atoms with Gasteiger partial charge >= 0.3 is 6.18 Å². The molecule has 0 spiro atoms. The monoisotopic (exact) mass is 368 g/mol. The van der Waals surface area contributed by atoms with E-state index in [9.17, 15) is 18.0 Å². The molecule has 140 valence electrons. The zero-order valence-electron chi connectivity index (χ0n) is 14.6. The summed E-state index contributed by atoms with van der Waals surface area (Å²) in [6.07, 6.45) is -3.97. The van der Waals surface area contributed by atoms with Gasteiger partial charge in [0.1, 0.15) is 17.2 Å². The van der Waals surface area contributed by atoms with Gasteiger partial charge in [0.25, 0.3) is 5.91 Å². The molecule has 0 bridgehead atoms. The summed E-state index contributed by atoms with van der Waals surface area (Å²) in [6, 6.07) is 2.35. The first-order valence-electron chi connectivity index (χ1n) is 7.88. The molecular weight excluding hydrogens is 349 g/mol. The first-order valence-corrected chi connectivity index (χ1v) is 7.88. The largest absolute Gasteiger partial charge is 0.433 e. The Balaban J connectivity index is 2.14. The van der Waals surface area contributed by atoms with Crippen molar-refractivity contribution in [1.29, 1.82) is 0 Å². The number of alkyl halides is 3. The Labute approximate surface area is 148 Å². The van der Waals surface area contributed by atoms with Gasteiger partial charge in [0.2, 0.25) is 5.95 Å². The number of carbonyl (C=O) groups excluding carboxylic acids is 1. The topological polar surface area (TPSA) is 107 Å². The van der Waals surface area contributed by atoms with Crippen LogP contribution in [0.5, 0.6) is 0 Å². The first-order chi connectivity index (χ1) is 12.0. The molecule has 0 fully saturated rings. The van der Waals surface area contributed by atoms with Crippen LogP contribution in [0.1, 0.15) is 47.2 Å². The van der Waals surface area contributed by atoms with E-state index in [0.29, 0.717) is 18.0 Å². The predicted octanol–water partition coefficient (Wildman–Crippen LogP) is 2.30. The number of nitrogens with two attached hydrogens (primary N) is 1. The highest BCUT2D eigenvalue weighted by Crippen LogP contribution is 2.27. The van der Waals surface area contributed by atoms with Gasteiger partial charge in [-0.3, -0.25) is 4.79 Å². The second kappa shape index (κ2) is 7.63. The van der Waals surface area contributed by atoms with E-state index in [2.05, 4.69) is 25.3 Å². The van der Waals surface area contributed by atoms with Crippen molar-refractivity contribution >= 4 is 11.9 Å². The van der Waals surface area contributed by atoms with Crippen molar-refractivity contribution in [3.63, 3.8) is 0 Å². The normalized spacial score (nSPS) is 11.7. The van der Waals surface area contributed by atoms with Crippen LogP contribution in [0.4, 0.5) is 19.1 Å². The third-order valence-electron chi connectivity index (χ3n) is 3.24. The summed E-state index contributed by atoms with van der Waals surface area (Å²) < 4.78 is 38.4. The smallest absolute Gasteiger partial charge is 0.368 e. The molecule has 3 N–H and O–H groups in total. The lowest BCUT2D eigenvalue weighted by atomic mass is 10.1. The fourth-order valence-electron chi connectivity index (χ4n) is 2.26. The molecule has 26 heavy (non-hydrogen) atoms. The molecule has 0 saturated carbocycles. The Kier molecular flexibility index (Phi) is 5.73. The molecule has 0 aliphatic rings. The highest BCUT2D eigenvalue weighted by Gasteiger charge is 2.33. The molecule has 2 aromatic heterocycles. The number of nitrogen functional groups attached to an aromatic ring is 1. The number of amides is 1. The number of aryl methyl sites for hydroxylation is 1. The zero-order valence-corrected chi connectivity index (χ0v) is 14.6. The van der Waals surface area contributed by atoms with Gasteiger partial charge < -0.3 is 11.1 Å². The molecule has 2 aromatic rings. The number of carbonyl (C=O) groups is 1. The van der Waals surface area contributed by atoms with Crippen LogP contribution in [0.2, 0.25) is 0 Å². The molecule has 0 radical (unpaired) electrons. The van der Waals surface area contributed by atoms with Crippen LogP contribution < -0.4 is 11.1 Å². The zero-order chi connectivity index (χ0) is 19.5. The summed E-state index contributed by atoms with van der Waals surface area (Å²) in [5.41, 5.74) is 5.37. The van der Waals surface area contributed by atoms with Gasteiger partial charge in [0.05, 0.1) is 6.54 Å². The summed E-state index contributed by atoms with van der Waals surface area (Å²) in [6.45, 7) is 5.13. The number of hydrogen-bond acceptors (Lipinski definition) is 6. The molecule has 0 saturated heterocycles. The van der Waals surface area contributed by atoms with Crippen LogP contribution >= 0.6 is 0 Å². The van der Waals surface area contributed by atoms with Gasteiger partial charge in [0.15, 0.2) is 0 Å². The van der Waals surface area contributed by atoms with Gasteiger partial charge in [-0.1, -0.05) is 13.8 Å². The maximum absolute atomic E-state index is 12.8. The van der Waals surface area contributed by atoms with E-state index in [1.54, 1.807) is 0 Å². The highest BCUT2D eigenvalue weighted by atomic mass is 19.4. The average molecular weight is 368 g/mol. The third kappa shape index (κ3) is 5.36. The Bertz CT molecular complexity index is 807. The van der Waals surface area contributed by atoms with Crippen molar-refractivity contribution in [2.45, 2.75) is 39.9 Å². The van der Waals surface area contributed by atoms with Crippen LogP contribution in [-0.4, -0.2) is 25.8 Å². The Morgan fingerprint density at radius 1 is 1.19 bits per heavy atom. The van der Waals surface area contributed by atoms with Gasteiger partial charge in [-0.05, 0) is 31.4 Å². The summed E-state index contributed by atoms with van der Waals surface area (Å²) in [5.74, 6) is -0.473. The Morgan fingerprint density at radius 2 is 1.88 bits per heavy atom. The summed E-state index contributed by atoms with van der Waals surface area (Å²) >= 11 is 0. The number of rotatable bonds is 5. The SMILES string of the molecule is Cc1cc(C(F)(F)F)nc(CNC(=O)c2cc(CC(C)C)nc(N)n2)n1. The van der Waals surface area contributed by atoms with Crippen LogP contribution in [0.15, 0.2) is 12.1 Å². The van der Waals surface area contributed by atoms with Crippen molar-refractivity contribution in [3.05, 3.63) is 40.7 Å². The minimum absolute atomic E-state index is 0.0387. The molecule has 0 aliphatic heterocycles. The summed E-state index contributed by atoms with van der Waals surface area (Å²) in [4.78, 5) is 27.5. The predicted molar refractivity (Wildman–Crippen MR) is 87.9 cm³/mol. The number of nitrogens with zero attached hydrogens (tertiary/aromatic N) is 4. The lowest BCUT2D eigenvalue weighted by Crippen LogP contribution is -2.26. The van der Waals surface area contributed by atoms with Crippen molar-refractivity contribution in [2.75, 3.05) is 5.73 Å². The second-order valence-corrected chi connectivity index (χ2v) is 6.19. The number of aromatic nitrogens is 4. The second-order valence-electron chi connectivity index (χ2n) is 6.19. The van der Waals surface area contributed by atoms with E-state index in [1.165, 1.54) is 13.0 Å². The number of halogens is 3. The van der Waals surface area contributed by atoms with E-state index in [4.69, 9.17) is 5.73 Å². The van der Waals surface area contributed by atoms with Gasteiger partial charge in [0, 0.05) is 11.4 Å². The molecule has 2 rings (SSSR count). The fraction of sp³-hybridized carbons (Fsp3) is 0.438. The van der Waals surface area contributed by atoms with Gasteiger partial charge in [-0.25, -0.2) is 19.9 Å². The minimum atomic E-state index is -4.58. The quantitative estimate of drug-likeness (QED) is 0.839. The van der Waals surface area contributed by atoms with Gasteiger partial charge in [-0.2, -0.15) is 13.2 Å². The van der Waals surface area contributed by atoms with Crippen LogP contribution in [-0.2, 0) is 19.1 Å². The van der Waals surface area contributed by atoms with E-state index in [0.717, 1.165) is 6.07 Å². The minimum Gasteiger partial charge on any atom is -0.368 e. The molecule has 0 atom stereocenters. The molecule has 10 heteroatoms. The van der Waals surface area contributed by atoms with Crippen molar-refractivity contribution in [3.8, 4) is 0 Å². The van der Waals surface area contributed by atoms with Crippen LogP contribution in [0, 0.1) is 12.8 Å². The molecule has 7 nitrogen and oxygen atoms in total. The van der Waals surface area contributed by atoms with Crippen molar-refractivity contribution < 1.29 is 18.0 Å². The Morgan fingerprint density at radius 3 is 2.50 bits per heavy atom. The fourth-order valence-corrected chi connectivity index (χ4v) is 2.26. The summed E-state index contributed by atoms with van der Waals surface area (Å²) in [5, 5.41) is 2.45. The molecular formula is C16H19F3N6O. The molecule has 0 aliphatic carbocycles. The van der Waals surface area contributed by atoms with Crippen LogP contribution in [0.25, 0.3) is 0 Å². The van der Waals surface area contributed by atoms with Crippen molar-refractivity contribution in [2.24, 2.45) is 5.92 Å². The Hall–Kier alpha value is -2.78. The maximum Gasteiger partial charge on any atom is 0.433 e. The van der Waals surface area contributed by atoms with E-state index >= 15 is 0 Å². The standard InChI is InChI=1S/C16H19F3N6O/c1-8(2)4-10-6-11(24-15(20)23-10)14(26)21-7-13-22-9(3)5-12(25-13)16(17,18)19/h5-6,8H,4,7H2,1-3H3,(H,21,26)(H2,20,23,24). The van der Waals surface area contributed by atoms with Crippen LogP contribution in [0.3, 0.4) is 0 Å². The average Bonchev–Trinajstić information content (AvgIpc) is 2.50. The van der Waals surface area contributed by atoms with E-state index < -0.39 is 17.8 Å².